The van der Waals surface area contributed by atoms with E-state index in [0.717, 1.165) is 5.56 Å². The van der Waals surface area contributed by atoms with E-state index in [2.05, 4.69) is 15.6 Å². The minimum atomic E-state index is -2.94. The van der Waals surface area contributed by atoms with Gasteiger partial charge >= 0.3 is 0 Å². The minimum Gasteiger partial charge on any atom is -0.386 e. The molecule has 3 N–H and O–H groups in total. The third-order valence-corrected chi connectivity index (χ3v) is 5.61. The van der Waals surface area contributed by atoms with Gasteiger partial charge in [0.05, 0.1) is 24.2 Å². The van der Waals surface area contributed by atoms with Gasteiger partial charge in [-0.05, 0) is 31.0 Å². The van der Waals surface area contributed by atoms with Crippen molar-refractivity contribution >= 4 is 27.4 Å². The molecule has 2 atom stereocenters. The van der Waals surface area contributed by atoms with Gasteiger partial charge in [-0.1, -0.05) is 23.7 Å². The minimum absolute atomic E-state index is 0.122. The fourth-order valence-corrected chi connectivity index (χ4v) is 4.19. The molecule has 0 radical (unpaired) electrons. The Morgan fingerprint density at radius 2 is 2.13 bits per heavy atom. The number of benzene rings is 1. The van der Waals surface area contributed by atoms with Crippen LogP contribution >= 0.6 is 11.6 Å². The van der Waals surface area contributed by atoms with Gasteiger partial charge in [0.2, 0.25) is 0 Å². The molecule has 0 aromatic heterocycles. The number of guanidine groups is 1. The fourth-order valence-electron chi connectivity index (χ4n) is 2.39. The molecule has 2 unspecified atom stereocenters. The van der Waals surface area contributed by atoms with Gasteiger partial charge in [-0.2, -0.15) is 0 Å². The quantitative estimate of drug-likeness (QED) is 0.541. The van der Waals surface area contributed by atoms with Gasteiger partial charge in [-0.3, -0.25) is 4.99 Å². The van der Waals surface area contributed by atoms with E-state index >= 15 is 0 Å². The molecule has 0 aliphatic carbocycles. The number of aliphatic imine (C=N–C) groups is 1. The first kappa shape index (κ1) is 18.0. The summed E-state index contributed by atoms with van der Waals surface area (Å²) in [6, 6.07) is 6.82. The highest BCUT2D eigenvalue weighted by atomic mass is 35.5. The average molecular weight is 360 g/mol. The Hall–Kier alpha value is -1.31. The molecule has 1 aromatic rings. The number of nitrogens with zero attached hydrogens (tertiary/aromatic N) is 1. The molecule has 1 fully saturated rings. The summed E-state index contributed by atoms with van der Waals surface area (Å²) < 4.78 is 23.0. The number of hydrogen-bond donors (Lipinski definition) is 3. The molecule has 8 heteroatoms. The zero-order chi connectivity index (χ0) is 16.9. The summed E-state index contributed by atoms with van der Waals surface area (Å²) in [7, 11) is -2.94. The molecule has 0 bridgehead atoms. The Kier molecular flexibility index (Phi) is 6.26. The Morgan fingerprint density at radius 3 is 2.70 bits per heavy atom. The lowest BCUT2D eigenvalue weighted by Crippen LogP contribution is -2.44. The Balaban J connectivity index is 1.96. The Labute approximate surface area is 141 Å². The van der Waals surface area contributed by atoms with Crippen LogP contribution in [0.1, 0.15) is 25.0 Å². The predicted octanol–water partition coefficient (Wildman–Crippen LogP) is 1.12. The predicted molar refractivity (Wildman–Crippen MR) is 92.6 cm³/mol. The highest BCUT2D eigenvalue weighted by Gasteiger charge is 2.28. The van der Waals surface area contributed by atoms with E-state index in [-0.39, 0.29) is 24.1 Å². The van der Waals surface area contributed by atoms with Crippen LogP contribution in [0.5, 0.6) is 0 Å². The summed E-state index contributed by atoms with van der Waals surface area (Å²) in [6.07, 6.45) is -0.165. The number of halogens is 1. The lowest BCUT2D eigenvalue weighted by atomic mass is 10.1. The van der Waals surface area contributed by atoms with Crippen molar-refractivity contribution in [3.63, 3.8) is 0 Å². The van der Waals surface area contributed by atoms with E-state index in [4.69, 9.17) is 11.6 Å². The lowest BCUT2D eigenvalue weighted by Gasteiger charge is -2.17. The van der Waals surface area contributed by atoms with Crippen LogP contribution in [0.3, 0.4) is 0 Å². The second kappa shape index (κ2) is 7.99. The normalized spacial score (nSPS) is 21.9. The molecule has 1 aliphatic rings. The van der Waals surface area contributed by atoms with Crippen LogP contribution in [-0.4, -0.2) is 50.1 Å². The van der Waals surface area contributed by atoms with Gasteiger partial charge in [-0.25, -0.2) is 8.42 Å². The molecule has 0 amide bonds. The number of aliphatic hydroxyl groups excluding tert-OH is 1. The van der Waals surface area contributed by atoms with Crippen LogP contribution in [0.25, 0.3) is 0 Å². The van der Waals surface area contributed by atoms with E-state index in [1.54, 1.807) is 24.3 Å². The Morgan fingerprint density at radius 1 is 1.43 bits per heavy atom. The Bertz CT molecular complexity index is 646. The van der Waals surface area contributed by atoms with Crippen molar-refractivity contribution in [3.05, 3.63) is 34.9 Å². The molecule has 0 saturated carbocycles. The molecular weight excluding hydrogens is 338 g/mol. The molecule has 1 aliphatic heterocycles. The maximum atomic E-state index is 11.5. The summed E-state index contributed by atoms with van der Waals surface area (Å²) in [4.78, 5) is 4.34. The van der Waals surface area contributed by atoms with Crippen molar-refractivity contribution in [1.82, 2.24) is 10.6 Å². The van der Waals surface area contributed by atoms with Crippen molar-refractivity contribution in [2.75, 3.05) is 24.6 Å². The van der Waals surface area contributed by atoms with Crippen LogP contribution in [0.15, 0.2) is 29.3 Å². The average Bonchev–Trinajstić information content (AvgIpc) is 2.84. The van der Waals surface area contributed by atoms with Gasteiger partial charge in [0.25, 0.3) is 0 Å². The molecular formula is C15H22ClN3O3S. The van der Waals surface area contributed by atoms with E-state index in [9.17, 15) is 13.5 Å². The van der Waals surface area contributed by atoms with Gasteiger partial charge < -0.3 is 15.7 Å². The number of aliphatic hydroxyl groups is 1. The first-order valence-corrected chi connectivity index (χ1v) is 9.78. The van der Waals surface area contributed by atoms with Crippen LogP contribution in [0.2, 0.25) is 5.02 Å². The highest BCUT2D eigenvalue weighted by Crippen LogP contribution is 2.16. The summed E-state index contributed by atoms with van der Waals surface area (Å²) >= 11 is 5.83. The summed E-state index contributed by atoms with van der Waals surface area (Å²) in [5.41, 5.74) is 0.734. The third kappa shape index (κ3) is 5.67. The van der Waals surface area contributed by atoms with E-state index in [0.29, 0.717) is 23.9 Å². The molecule has 0 spiro atoms. The van der Waals surface area contributed by atoms with Crippen molar-refractivity contribution in [2.24, 2.45) is 4.99 Å². The maximum absolute atomic E-state index is 11.5. The van der Waals surface area contributed by atoms with Crippen LogP contribution in [0, 0.1) is 0 Å². The number of hydrogen-bond acceptors (Lipinski definition) is 4. The number of sulfone groups is 1. The molecule has 6 nitrogen and oxygen atoms in total. The monoisotopic (exact) mass is 359 g/mol. The number of rotatable bonds is 5. The van der Waals surface area contributed by atoms with Crippen molar-refractivity contribution in [2.45, 2.75) is 25.5 Å². The van der Waals surface area contributed by atoms with E-state index < -0.39 is 15.9 Å². The second-order valence-electron chi connectivity index (χ2n) is 5.53. The standard InChI is InChI=1S/C15H22ClN3O3S/c1-2-17-15(19-13-7-8-23(21,22)10-13)18-9-14(20)11-3-5-12(16)6-4-11/h3-6,13-14,20H,2,7-10H2,1H3,(H2,17,18,19). The highest BCUT2D eigenvalue weighted by molar-refractivity contribution is 7.91. The lowest BCUT2D eigenvalue weighted by molar-refractivity contribution is 0.187. The topological polar surface area (TPSA) is 90.8 Å². The van der Waals surface area contributed by atoms with Gasteiger partial charge in [0.1, 0.15) is 0 Å². The number of nitrogens with one attached hydrogen (secondary N) is 2. The SMILES string of the molecule is CCNC(=NCC(O)c1ccc(Cl)cc1)NC1CCS(=O)(=O)C1. The molecule has 1 saturated heterocycles. The summed E-state index contributed by atoms with van der Waals surface area (Å²) in [5, 5.41) is 17.0. The zero-order valence-corrected chi connectivity index (χ0v) is 14.6. The molecule has 23 heavy (non-hydrogen) atoms. The molecule has 1 aromatic carbocycles. The van der Waals surface area contributed by atoms with Gasteiger partial charge in [0, 0.05) is 17.6 Å². The second-order valence-corrected chi connectivity index (χ2v) is 8.20. The zero-order valence-electron chi connectivity index (χ0n) is 13.0. The molecule has 2 rings (SSSR count). The van der Waals surface area contributed by atoms with E-state index in [1.165, 1.54) is 0 Å². The first-order valence-electron chi connectivity index (χ1n) is 7.58. The summed E-state index contributed by atoms with van der Waals surface area (Å²) in [5.74, 6) is 0.844. The van der Waals surface area contributed by atoms with Crippen molar-refractivity contribution < 1.29 is 13.5 Å². The van der Waals surface area contributed by atoms with Gasteiger partial charge in [0.15, 0.2) is 15.8 Å². The van der Waals surface area contributed by atoms with E-state index in [1.807, 2.05) is 6.92 Å². The first-order chi connectivity index (χ1) is 10.9. The van der Waals surface area contributed by atoms with Gasteiger partial charge in [-0.15, -0.1) is 0 Å². The molecule has 1 heterocycles. The summed E-state index contributed by atoms with van der Waals surface area (Å²) in [6.45, 7) is 2.76. The van der Waals surface area contributed by atoms with Crippen LogP contribution in [-0.2, 0) is 9.84 Å². The smallest absolute Gasteiger partial charge is 0.191 e. The maximum Gasteiger partial charge on any atom is 0.191 e. The van der Waals surface area contributed by atoms with Crippen LogP contribution in [0.4, 0.5) is 0 Å². The molecule has 128 valence electrons. The largest absolute Gasteiger partial charge is 0.386 e. The van der Waals surface area contributed by atoms with Crippen molar-refractivity contribution in [1.29, 1.82) is 0 Å². The van der Waals surface area contributed by atoms with Crippen LogP contribution < -0.4 is 10.6 Å². The third-order valence-electron chi connectivity index (χ3n) is 3.59. The van der Waals surface area contributed by atoms with Crippen molar-refractivity contribution in [3.8, 4) is 0 Å². The fraction of sp³-hybridized carbons (Fsp3) is 0.533.